The summed E-state index contributed by atoms with van der Waals surface area (Å²) < 4.78 is 5.66. The fourth-order valence-electron chi connectivity index (χ4n) is 4.32. The molecule has 3 aliphatic rings. The lowest BCUT2D eigenvalue weighted by atomic mass is 9.87. The summed E-state index contributed by atoms with van der Waals surface area (Å²) in [6, 6.07) is 0. The zero-order chi connectivity index (χ0) is 16.1. The van der Waals surface area contributed by atoms with Crippen molar-refractivity contribution in [2.24, 2.45) is 16.3 Å². The van der Waals surface area contributed by atoms with Crippen molar-refractivity contribution in [2.75, 3.05) is 59.0 Å². The summed E-state index contributed by atoms with van der Waals surface area (Å²) in [5, 5.41) is 3.52. The lowest BCUT2D eigenvalue weighted by molar-refractivity contribution is 0.156. The molecule has 3 rings (SSSR count). The molecular formula is C18H34N4O. The van der Waals surface area contributed by atoms with Crippen LogP contribution < -0.4 is 5.32 Å². The van der Waals surface area contributed by atoms with E-state index in [0.717, 1.165) is 51.3 Å². The minimum atomic E-state index is 0.403. The summed E-state index contributed by atoms with van der Waals surface area (Å²) in [4.78, 5) is 10.0. The van der Waals surface area contributed by atoms with Gasteiger partial charge in [-0.25, -0.2) is 0 Å². The number of piperidine rings is 1. The van der Waals surface area contributed by atoms with Crippen LogP contribution in [0.5, 0.6) is 0 Å². The Bertz CT molecular complexity index is 406. The summed E-state index contributed by atoms with van der Waals surface area (Å²) in [5.74, 6) is 1.86. The molecule has 0 aliphatic carbocycles. The molecule has 23 heavy (non-hydrogen) atoms. The van der Waals surface area contributed by atoms with Gasteiger partial charge in [-0.3, -0.25) is 4.99 Å². The third-order valence-corrected chi connectivity index (χ3v) is 5.81. The first-order valence-electron chi connectivity index (χ1n) is 9.58. The lowest BCUT2D eigenvalue weighted by Crippen LogP contribution is -2.42. The second-order valence-corrected chi connectivity index (χ2v) is 7.57. The van der Waals surface area contributed by atoms with E-state index in [9.17, 15) is 0 Å². The van der Waals surface area contributed by atoms with Crippen molar-refractivity contribution in [3.8, 4) is 0 Å². The van der Waals surface area contributed by atoms with Crippen molar-refractivity contribution in [3.63, 3.8) is 0 Å². The third-order valence-electron chi connectivity index (χ3n) is 5.81. The molecule has 1 spiro atoms. The van der Waals surface area contributed by atoms with Crippen molar-refractivity contribution >= 4 is 5.96 Å². The van der Waals surface area contributed by atoms with Crippen LogP contribution in [0, 0.1) is 11.3 Å². The summed E-state index contributed by atoms with van der Waals surface area (Å²) in [6.07, 6.45) is 5.13. The molecule has 0 bridgehead atoms. The largest absolute Gasteiger partial charge is 0.381 e. The molecule has 0 aromatic carbocycles. The normalized spacial score (nSPS) is 32.9. The Morgan fingerprint density at radius 2 is 2.22 bits per heavy atom. The highest BCUT2D eigenvalue weighted by Crippen LogP contribution is 2.38. The van der Waals surface area contributed by atoms with E-state index in [1.54, 1.807) is 0 Å². The lowest BCUT2D eigenvalue weighted by Gasteiger charge is -2.31. The van der Waals surface area contributed by atoms with Crippen LogP contribution in [0.1, 0.15) is 39.5 Å². The van der Waals surface area contributed by atoms with Gasteiger partial charge in [0.15, 0.2) is 5.96 Å². The van der Waals surface area contributed by atoms with Crippen molar-refractivity contribution in [2.45, 2.75) is 39.5 Å². The predicted molar refractivity (Wildman–Crippen MR) is 94.9 cm³/mol. The van der Waals surface area contributed by atoms with E-state index in [0.29, 0.717) is 5.41 Å². The van der Waals surface area contributed by atoms with Gasteiger partial charge in [0.1, 0.15) is 0 Å². The van der Waals surface area contributed by atoms with E-state index in [1.807, 2.05) is 0 Å². The summed E-state index contributed by atoms with van der Waals surface area (Å²) in [7, 11) is 0. The first-order chi connectivity index (χ1) is 11.2. The van der Waals surface area contributed by atoms with Crippen LogP contribution in [0.3, 0.4) is 0 Å². The number of nitrogens with one attached hydrogen (secondary N) is 1. The van der Waals surface area contributed by atoms with E-state index in [4.69, 9.17) is 9.73 Å². The second-order valence-electron chi connectivity index (χ2n) is 7.57. The van der Waals surface area contributed by atoms with Crippen LogP contribution in [0.25, 0.3) is 0 Å². The molecule has 3 heterocycles. The van der Waals surface area contributed by atoms with Crippen LogP contribution >= 0.6 is 0 Å². The van der Waals surface area contributed by atoms with Gasteiger partial charge < -0.3 is 19.9 Å². The average molecular weight is 322 g/mol. The quantitative estimate of drug-likeness (QED) is 0.633. The highest BCUT2D eigenvalue weighted by Gasteiger charge is 2.42. The number of ether oxygens (including phenoxy) is 1. The molecule has 0 aromatic heterocycles. The summed E-state index contributed by atoms with van der Waals surface area (Å²) in [6.45, 7) is 14.1. The van der Waals surface area contributed by atoms with Gasteiger partial charge in [0.2, 0.25) is 0 Å². The fraction of sp³-hybridized carbons (Fsp3) is 0.944. The van der Waals surface area contributed by atoms with Gasteiger partial charge in [-0.2, -0.15) is 0 Å². The number of hydrogen-bond acceptors (Lipinski definition) is 3. The van der Waals surface area contributed by atoms with Gasteiger partial charge >= 0.3 is 0 Å². The van der Waals surface area contributed by atoms with Crippen LogP contribution in [-0.4, -0.2) is 74.8 Å². The highest BCUT2D eigenvalue weighted by atomic mass is 16.5. The Balaban J connectivity index is 1.57. The van der Waals surface area contributed by atoms with E-state index < -0.39 is 0 Å². The Hall–Kier alpha value is -0.810. The number of guanidine groups is 1. The first kappa shape index (κ1) is 17.0. The maximum atomic E-state index is 5.66. The molecule has 2 atom stereocenters. The first-order valence-corrected chi connectivity index (χ1v) is 9.58. The summed E-state index contributed by atoms with van der Waals surface area (Å²) in [5.41, 5.74) is 0.403. The average Bonchev–Trinajstić information content (AvgIpc) is 3.22. The van der Waals surface area contributed by atoms with Gasteiger partial charge in [0.25, 0.3) is 0 Å². The smallest absolute Gasteiger partial charge is 0.193 e. The van der Waals surface area contributed by atoms with E-state index in [-0.39, 0.29) is 0 Å². The molecule has 0 aromatic rings. The SMILES string of the molecule is CCNC(=NCC1CCCN(CC)C1)N1CCC2(CCOC2)C1. The van der Waals surface area contributed by atoms with Gasteiger partial charge in [-0.05, 0) is 51.6 Å². The van der Waals surface area contributed by atoms with Crippen molar-refractivity contribution in [1.82, 2.24) is 15.1 Å². The highest BCUT2D eigenvalue weighted by molar-refractivity contribution is 5.80. The molecule has 5 nitrogen and oxygen atoms in total. The van der Waals surface area contributed by atoms with Crippen LogP contribution in [0.15, 0.2) is 4.99 Å². The molecule has 3 aliphatic heterocycles. The zero-order valence-electron chi connectivity index (χ0n) is 15.0. The molecule has 0 radical (unpaired) electrons. The molecule has 132 valence electrons. The molecule has 0 saturated carbocycles. The number of rotatable bonds is 4. The zero-order valence-corrected chi connectivity index (χ0v) is 15.0. The second kappa shape index (κ2) is 7.84. The standard InChI is InChI=1S/C18H34N4O/c1-3-19-17(20-12-16-6-5-9-21(4-2)13-16)22-10-7-18(14-22)8-11-23-15-18/h16H,3-15H2,1-2H3,(H,19,20). The Morgan fingerprint density at radius 1 is 1.30 bits per heavy atom. The van der Waals surface area contributed by atoms with Crippen molar-refractivity contribution in [3.05, 3.63) is 0 Å². The molecular weight excluding hydrogens is 288 g/mol. The predicted octanol–water partition coefficient (Wildman–Crippen LogP) is 1.80. The molecule has 2 unspecified atom stereocenters. The van der Waals surface area contributed by atoms with E-state index in [1.165, 1.54) is 45.3 Å². The van der Waals surface area contributed by atoms with Crippen LogP contribution in [-0.2, 0) is 4.74 Å². The third kappa shape index (κ3) is 4.18. The van der Waals surface area contributed by atoms with Gasteiger partial charge in [-0.15, -0.1) is 0 Å². The van der Waals surface area contributed by atoms with Crippen molar-refractivity contribution < 1.29 is 4.74 Å². The van der Waals surface area contributed by atoms with E-state index in [2.05, 4.69) is 29.0 Å². The minimum Gasteiger partial charge on any atom is -0.381 e. The van der Waals surface area contributed by atoms with E-state index >= 15 is 0 Å². The number of likely N-dealkylation sites (tertiary alicyclic amines) is 2. The maximum Gasteiger partial charge on any atom is 0.193 e. The Kier molecular flexibility index (Phi) is 5.81. The summed E-state index contributed by atoms with van der Waals surface area (Å²) >= 11 is 0. The molecule has 5 heteroatoms. The number of aliphatic imine (C=N–C) groups is 1. The molecule has 0 amide bonds. The maximum absolute atomic E-state index is 5.66. The van der Waals surface area contributed by atoms with Crippen LogP contribution in [0.4, 0.5) is 0 Å². The fourth-order valence-corrected chi connectivity index (χ4v) is 4.32. The monoisotopic (exact) mass is 322 g/mol. The number of nitrogens with zero attached hydrogens (tertiary/aromatic N) is 3. The van der Waals surface area contributed by atoms with Gasteiger partial charge in [-0.1, -0.05) is 6.92 Å². The Labute approximate surface area is 141 Å². The Morgan fingerprint density at radius 3 is 2.96 bits per heavy atom. The van der Waals surface area contributed by atoms with Gasteiger partial charge in [0.05, 0.1) is 6.61 Å². The minimum absolute atomic E-state index is 0.403. The topological polar surface area (TPSA) is 40.1 Å². The molecule has 1 N–H and O–H groups in total. The van der Waals surface area contributed by atoms with Gasteiger partial charge in [0, 0.05) is 44.7 Å². The molecule has 3 fully saturated rings. The van der Waals surface area contributed by atoms with Crippen molar-refractivity contribution in [1.29, 1.82) is 0 Å². The van der Waals surface area contributed by atoms with Crippen LogP contribution in [0.2, 0.25) is 0 Å². The number of hydrogen-bond donors (Lipinski definition) is 1. The molecule has 3 saturated heterocycles.